The molecule has 0 saturated heterocycles. The average molecular weight is 289 g/mol. The first-order valence-corrected chi connectivity index (χ1v) is 7.14. The number of benzene rings is 1. The van der Waals surface area contributed by atoms with E-state index in [0.717, 1.165) is 10.4 Å². The highest BCUT2D eigenvalue weighted by atomic mass is 32.1. The molecule has 1 amide bonds. The van der Waals surface area contributed by atoms with Crippen molar-refractivity contribution in [1.82, 2.24) is 5.32 Å². The number of carbonyl (C=O) groups is 2. The van der Waals surface area contributed by atoms with E-state index in [9.17, 15) is 9.59 Å². The monoisotopic (exact) mass is 289 g/mol. The van der Waals surface area contributed by atoms with Gasteiger partial charge >= 0.3 is 5.97 Å². The van der Waals surface area contributed by atoms with Crippen molar-refractivity contribution >= 4 is 23.2 Å². The maximum absolute atomic E-state index is 11.9. The minimum Gasteiger partial charge on any atom is -0.481 e. The molecule has 1 unspecified atom stereocenters. The predicted molar refractivity (Wildman–Crippen MR) is 77.6 cm³/mol. The van der Waals surface area contributed by atoms with Gasteiger partial charge in [-0.1, -0.05) is 36.4 Å². The van der Waals surface area contributed by atoms with Crippen LogP contribution in [0.3, 0.4) is 0 Å². The van der Waals surface area contributed by atoms with Crippen molar-refractivity contribution in [3.05, 3.63) is 58.3 Å². The van der Waals surface area contributed by atoms with Gasteiger partial charge in [-0.15, -0.1) is 11.3 Å². The highest BCUT2D eigenvalue weighted by Gasteiger charge is 2.17. The molecular weight excluding hydrogens is 274 g/mol. The largest absolute Gasteiger partial charge is 0.481 e. The first kappa shape index (κ1) is 14.3. The maximum atomic E-state index is 11.9. The van der Waals surface area contributed by atoms with E-state index >= 15 is 0 Å². The Hall–Kier alpha value is -2.14. The molecule has 2 aromatic rings. The summed E-state index contributed by atoms with van der Waals surface area (Å²) < 4.78 is 0. The van der Waals surface area contributed by atoms with Crippen LogP contribution in [0.4, 0.5) is 0 Å². The molecule has 2 rings (SSSR count). The number of carboxylic acids is 1. The zero-order valence-corrected chi connectivity index (χ0v) is 11.6. The fraction of sp³-hybridized carbons (Fsp3) is 0.200. The smallest absolute Gasteiger partial charge is 0.303 e. The summed E-state index contributed by atoms with van der Waals surface area (Å²) in [6.45, 7) is 0. The molecule has 1 atom stereocenters. The molecule has 1 heterocycles. The van der Waals surface area contributed by atoms with Crippen LogP contribution in [0.25, 0.3) is 0 Å². The van der Waals surface area contributed by atoms with E-state index in [1.807, 2.05) is 47.8 Å². The molecular formula is C15H15NO3S. The first-order chi connectivity index (χ1) is 9.66. The summed E-state index contributed by atoms with van der Waals surface area (Å²) in [5.74, 6) is -1.22. The summed E-state index contributed by atoms with van der Waals surface area (Å²) in [4.78, 5) is 23.4. The van der Waals surface area contributed by atoms with Crippen LogP contribution in [0.5, 0.6) is 0 Å². The van der Waals surface area contributed by atoms with Gasteiger partial charge in [-0.05, 0) is 17.0 Å². The van der Waals surface area contributed by atoms with Gasteiger partial charge < -0.3 is 10.4 Å². The van der Waals surface area contributed by atoms with Crippen molar-refractivity contribution in [2.45, 2.75) is 18.9 Å². The van der Waals surface area contributed by atoms with Crippen LogP contribution in [0.1, 0.15) is 29.3 Å². The zero-order valence-electron chi connectivity index (χ0n) is 10.8. The highest BCUT2D eigenvalue weighted by molar-refractivity contribution is 7.10. The van der Waals surface area contributed by atoms with Crippen molar-refractivity contribution < 1.29 is 14.7 Å². The third-order valence-electron chi connectivity index (χ3n) is 2.83. The fourth-order valence-electron chi connectivity index (χ4n) is 1.87. The molecule has 0 fully saturated rings. The quantitative estimate of drug-likeness (QED) is 0.859. The molecule has 2 N–H and O–H groups in total. The van der Waals surface area contributed by atoms with Gasteiger partial charge in [0.2, 0.25) is 5.91 Å². The first-order valence-electron chi connectivity index (χ1n) is 6.26. The average Bonchev–Trinajstić information content (AvgIpc) is 2.97. The molecule has 0 spiro atoms. The SMILES string of the molecule is O=C(O)CCC(=O)NC(c1ccccc1)c1cccs1. The number of carbonyl (C=O) groups excluding carboxylic acids is 1. The Labute approximate surface area is 121 Å². The Kier molecular flexibility index (Phi) is 4.90. The summed E-state index contributed by atoms with van der Waals surface area (Å²) in [6.07, 6.45) is -0.165. The van der Waals surface area contributed by atoms with E-state index in [0.29, 0.717) is 0 Å². The van der Waals surface area contributed by atoms with E-state index in [2.05, 4.69) is 5.32 Å². The summed E-state index contributed by atoms with van der Waals surface area (Å²) in [7, 11) is 0. The second-order valence-electron chi connectivity index (χ2n) is 4.32. The standard InChI is InChI=1S/C15H15NO3S/c17-13(8-9-14(18)19)16-15(12-7-4-10-20-12)11-5-2-1-3-6-11/h1-7,10,15H,8-9H2,(H,16,17)(H,18,19). The molecule has 0 bridgehead atoms. The Balaban J connectivity index is 2.12. The number of nitrogens with one attached hydrogen (secondary N) is 1. The van der Waals surface area contributed by atoms with Gasteiger partial charge in [-0.3, -0.25) is 9.59 Å². The van der Waals surface area contributed by atoms with Crippen LogP contribution in [-0.4, -0.2) is 17.0 Å². The van der Waals surface area contributed by atoms with Gasteiger partial charge in [-0.25, -0.2) is 0 Å². The number of hydrogen-bond acceptors (Lipinski definition) is 3. The van der Waals surface area contributed by atoms with Gasteiger partial charge in [-0.2, -0.15) is 0 Å². The molecule has 4 nitrogen and oxygen atoms in total. The molecule has 0 aliphatic carbocycles. The topological polar surface area (TPSA) is 66.4 Å². The van der Waals surface area contributed by atoms with E-state index < -0.39 is 5.97 Å². The highest BCUT2D eigenvalue weighted by Crippen LogP contribution is 2.25. The van der Waals surface area contributed by atoms with Crippen LogP contribution in [0, 0.1) is 0 Å². The van der Waals surface area contributed by atoms with Gasteiger partial charge in [0.1, 0.15) is 0 Å². The Morgan fingerprint density at radius 1 is 1.10 bits per heavy atom. The Bertz CT molecular complexity index is 566. The third-order valence-corrected chi connectivity index (χ3v) is 3.77. The van der Waals surface area contributed by atoms with Crippen LogP contribution < -0.4 is 5.32 Å². The maximum Gasteiger partial charge on any atom is 0.303 e. The minimum atomic E-state index is -0.965. The third kappa shape index (κ3) is 3.93. The van der Waals surface area contributed by atoms with Crippen molar-refractivity contribution in [3.63, 3.8) is 0 Å². The van der Waals surface area contributed by atoms with Crippen molar-refractivity contribution in [1.29, 1.82) is 0 Å². The Morgan fingerprint density at radius 2 is 1.85 bits per heavy atom. The molecule has 0 radical (unpaired) electrons. The number of carboxylic acid groups (broad SMARTS) is 1. The van der Waals surface area contributed by atoms with Crippen molar-refractivity contribution in [2.75, 3.05) is 0 Å². The lowest BCUT2D eigenvalue weighted by Gasteiger charge is -2.17. The molecule has 0 aliphatic heterocycles. The fourth-order valence-corrected chi connectivity index (χ4v) is 2.68. The number of amides is 1. The van der Waals surface area contributed by atoms with Gasteiger partial charge in [0, 0.05) is 11.3 Å². The van der Waals surface area contributed by atoms with Crippen LogP contribution in [-0.2, 0) is 9.59 Å². The van der Waals surface area contributed by atoms with Crippen LogP contribution >= 0.6 is 11.3 Å². The molecule has 1 aromatic heterocycles. The molecule has 0 aliphatic rings. The van der Waals surface area contributed by atoms with Crippen LogP contribution in [0.15, 0.2) is 47.8 Å². The van der Waals surface area contributed by atoms with E-state index in [-0.39, 0.29) is 24.8 Å². The van der Waals surface area contributed by atoms with Gasteiger partial charge in [0.15, 0.2) is 0 Å². The lowest BCUT2D eigenvalue weighted by molar-refractivity contribution is -0.138. The molecule has 104 valence electrons. The molecule has 20 heavy (non-hydrogen) atoms. The summed E-state index contributed by atoms with van der Waals surface area (Å²) in [5.41, 5.74) is 0.985. The number of hydrogen-bond donors (Lipinski definition) is 2. The van der Waals surface area contributed by atoms with E-state index in [1.165, 1.54) is 0 Å². The zero-order chi connectivity index (χ0) is 14.4. The summed E-state index contributed by atoms with van der Waals surface area (Å²) >= 11 is 1.56. The van der Waals surface area contributed by atoms with Crippen LogP contribution in [0.2, 0.25) is 0 Å². The normalized spacial score (nSPS) is 11.8. The molecule has 5 heteroatoms. The van der Waals surface area contributed by atoms with E-state index in [1.54, 1.807) is 11.3 Å². The number of aliphatic carboxylic acids is 1. The number of thiophene rings is 1. The minimum absolute atomic E-state index is 0.00988. The Morgan fingerprint density at radius 3 is 2.45 bits per heavy atom. The second kappa shape index (κ2) is 6.86. The number of rotatable bonds is 6. The van der Waals surface area contributed by atoms with Gasteiger partial charge in [0.25, 0.3) is 0 Å². The lowest BCUT2D eigenvalue weighted by Crippen LogP contribution is -2.29. The lowest BCUT2D eigenvalue weighted by atomic mass is 10.1. The van der Waals surface area contributed by atoms with E-state index in [4.69, 9.17) is 5.11 Å². The van der Waals surface area contributed by atoms with Crippen molar-refractivity contribution in [2.24, 2.45) is 0 Å². The van der Waals surface area contributed by atoms with Crippen molar-refractivity contribution in [3.8, 4) is 0 Å². The summed E-state index contributed by atoms with van der Waals surface area (Å²) in [5, 5.41) is 13.5. The molecule has 1 aromatic carbocycles. The summed E-state index contributed by atoms with van der Waals surface area (Å²) in [6, 6.07) is 13.3. The second-order valence-corrected chi connectivity index (χ2v) is 5.30. The molecule has 0 saturated carbocycles. The predicted octanol–water partition coefficient (Wildman–Crippen LogP) is 2.82. The van der Waals surface area contributed by atoms with Gasteiger partial charge in [0.05, 0.1) is 12.5 Å².